The Hall–Kier alpha value is -3.14. The number of aryl methyl sites for hydroxylation is 1. The molecule has 0 saturated heterocycles. The Bertz CT molecular complexity index is 1160. The second-order valence-electron chi connectivity index (χ2n) is 8.89. The van der Waals surface area contributed by atoms with E-state index in [4.69, 9.17) is 9.72 Å². The fourth-order valence-electron chi connectivity index (χ4n) is 3.76. The largest absolute Gasteiger partial charge is 0.494 e. The van der Waals surface area contributed by atoms with Crippen molar-refractivity contribution in [1.29, 1.82) is 0 Å². The molecule has 160 valence electrons. The first-order chi connectivity index (χ1) is 14.9. The molecule has 4 rings (SSSR count). The van der Waals surface area contributed by atoms with Gasteiger partial charge in [0.2, 0.25) is 0 Å². The Morgan fingerprint density at radius 3 is 2.32 bits per heavy atom. The SMILES string of the molecule is CC(C)(C)c1ccc(OCCCCn2c(-c3ccccc3F)nc3ccccc32)cc1. The van der Waals surface area contributed by atoms with Crippen LogP contribution in [0.1, 0.15) is 39.2 Å². The summed E-state index contributed by atoms with van der Waals surface area (Å²) in [6.07, 6.45) is 1.83. The first-order valence-electron chi connectivity index (χ1n) is 10.9. The highest BCUT2D eigenvalue weighted by Gasteiger charge is 2.15. The zero-order valence-corrected chi connectivity index (χ0v) is 18.4. The Balaban J connectivity index is 1.41. The summed E-state index contributed by atoms with van der Waals surface area (Å²) < 4.78 is 22.5. The second kappa shape index (κ2) is 8.93. The third kappa shape index (κ3) is 4.79. The summed E-state index contributed by atoms with van der Waals surface area (Å²) in [5.74, 6) is 1.33. The highest BCUT2D eigenvalue weighted by Crippen LogP contribution is 2.27. The maximum atomic E-state index is 14.4. The quantitative estimate of drug-likeness (QED) is 0.303. The van der Waals surface area contributed by atoms with Crippen molar-refractivity contribution in [2.45, 2.75) is 45.6 Å². The van der Waals surface area contributed by atoms with E-state index in [-0.39, 0.29) is 11.2 Å². The average Bonchev–Trinajstić information content (AvgIpc) is 3.12. The molecule has 0 spiro atoms. The van der Waals surface area contributed by atoms with E-state index in [9.17, 15) is 4.39 Å². The van der Waals surface area contributed by atoms with Crippen LogP contribution in [0.3, 0.4) is 0 Å². The molecule has 0 fully saturated rings. The number of ether oxygens (including phenoxy) is 1. The van der Waals surface area contributed by atoms with Crippen LogP contribution in [-0.2, 0) is 12.0 Å². The monoisotopic (exact) mass is 416 g/mol. The van der Waals surface area contributed by atoms with Crippen LogP contribution in [0, 0.1) is 5.82 Å². The third-order valence-corrected chi connectivity index (χ3v) is 5.53. The van der Waals surface area contributed by atoms with Crippen molar-refractivity contribution in [2.24, 2.45) is 0 Å². The maximum absolute atomic E-state index is 14.4. The summed E-state index contributed by atoms with van der Waals surface area (Å²) in [6.45, 7) is 8.03. The lowest BCUT2D eigenvalue weighted by molar-refractivity contribution is 0.303. The van der Waals surface area contributed by atoms with Gasteiger partial charge in [-0.25, -0.2) is 9.37 Å². The van der Waals surface area contributed by atoms with E-state index in [1.54, 1.807) is 12.1 Å². The van der Waals surface area contributed by atoms with Gasteiger partial charge in [-0.3, -0.25) is 0 Å². The Morgan fingerprint density at radius 2 is 1.58 bits per heavy atom. The molecule has 0 N–H and O–H groups in total. The highest BCUT2D eigenvalue weighted by atomic mass is 19.1. The minimum Gasteiger partial charge on any atom is -0.494 e. The van der Waals surface area contributed by atoms with Crippen molar-refractivity contribution in [3.05, 3.63) is 84.2 Å². The molecule has 0 aliphatic rings. The van der Waals surface area contributed by atoms with Crippen LogP contribution < -0.4 is 4.74 Å². The number of hydrogen-bond donors (Lipinski definition) is 0. The van der Waals surface area contributed by atoms with Gasteiger partial charge in [0.25, 0.3) is 0 Å². The van der Waals surface area contributed by atoms with E-state index >= 15 is 0 Å². The molecule has 0 aliphatic carbocycles. The number of aromatic nitrogens is 2. The number of unbranched alkanes of at least 4 members (excludes halogenated alkanes) is 1. The lowest BCUT2D eigenvalue weighted by atomic mass is 9.87. The molecule has 0 bridgehead atoms. The number of halogens is 1. The molecule has 0 amide bonds. The first kappa shape index (κ1) is 21.1. The maximum Gasteiger partial charge on any atom is 0.144 e. The molecule has 4 heteroatoms. The summed E-state index contributed by atoms with van der Waals surface area (Å²) in [7, 11) is 0. The van der Waals surface area contributed by atoms with Crippen molar-refractivity contribution in [1.82, 2.24) is 9.55 Å². The van der Waals surface area contributed by atoms with E-state index in [1.165, 1.54) is 11.6 Å². The Labute approximate surface area is 183 Å². The summed E-state index contributed by atoms with van der Waals surface area (Å²) in [4.78, 5) is 4.71. The minimum absolute atomic E-state index is 0.141. The molecule has 0 aliphatic heterocycles. The molecular formula is C27H29FN2O. The van der Waals surface area contributed by atoms with Crippen LogP contribution in [0.4, 0.5) is 4.39 Å². The molecule has 0 saturated carbocycles. The van der Waals surface area contributed by atoms with Crippen molar-refractivity contribution < 1.29 is 9.13 Å². The zero-order chi connectivity index (χ0) is 21.8. The second-order valence-corrected chi connectivity index (χ2v) is 8.89. The zero-order valence-electron chi connectivity index (χ0n) is 18.4. The Morgan fingerprint density at radius 1 is 0.871 bits per heavy atom. The van der Waals surface area contributed by atoms with E-state index in [0.29, 0.717) is 18.0 Å². The molecule has 0 radical (unpaired) electrons. The van der Waals surface area contributed by atoms with Gasteiger partial charge in [-0.05, 0) is 60.2 Å². The van der Waals surface area contributed by atoms with E-state index in [1.807, 2.05) is 42.5 Å². The van der Waals surface area contributed by atoms with Gasteiger partial charge in [-0.1, -0.05) is 57.2 Å². The van der Waals surface area contributed by atoms with Gasteiger partial charge in [-0.15, -0.1) is 0 Å². The predicted molar refractivity (Wildman–Crippen MR) is 125 cm³/mol. The molecule has 31 heavy (non-hydrogen) atoms. The van der Waals surface area contributed by atoms with Crippen molar-refractivity contribution in [2.75, 3.05) is 6.61 Å². The van der Waals surface area contributed by atoms with Gasteiger partial charge in [0, 0.05) is 6.54 Å². The average molecular weight is 417 g/mol. The van der Waals surface area contributed by atoms with Gasteiger partial charge < -0.3 is 9.30 Å². The smallest absolute Gasteiger partial charge is 0.144 e. The Kier molecular flexibility index (Phi) is 6.08. The lowest BCUT2D eigenvalue weighted by Gasteiger charge is -2.19. The summed E-state index contributed by atoms with van der Waals surface area (Å²) in [6, 6.07) is 23.1. The molecule has 3 aromatic carbocycles. The van der Waals surface area contributed by atoms with Gasteiger partial charge in [-0.2, -0.15) is 0 Å². The molecule has 1 aromatic heterocycles. The van der Waals surface area contributed by atoms with Crippen LogP contribution >= 0.6 is 0 Å². The normalized spacial score (nSPS) is 11.7. The third-order valence-electron chi connectivity index (χ3n) is 5.53. The van der Waals surface area contributed by atoms with E-state index < -0.39 is 0 Å². The molecule has 3 nitrogen and oxygen atoms in total. The van der Waals surface area contributed by atoms with Crippen LogP contribution in [0.15, 0.2) is 72.8 Å². The van der Waals surface area contributed by atoms with Crippen LogP contribution in [0.5, 0.6) is 5.75 Å². The number of imidazole rings is 1. The highest BCUT2D eigenvalue weighted by molar-refractivity contribution is 5.80. The van der Waals surface area contributed by atoms with E-state index in [0.717, 1.165) is 36.2 Å². The lowest BCUT2D eigenvalue weighted by Crippen LogP contribution is -2.10. The number of benzene rings is 3. The van der Waals surface area contributed by atoms with Gasteiger partial charge in [0.05, 0.1) is 23.2 Å². The number of nitrogens with zero attached hydrogens (tertiary/aromatic N) is 2. The van der Waals surface area contributed by atoms with Crippen molar-refractivity contribution >= 4 is 11.0 Å². The number of fused-ring (bicyclic) bond motifs is 1. The molecular weight excluding hydrogens is 387 g/mol. The predicted octanol–water partition coefficient (Wildman–Crippen LogP) is 7.00. The van der Waals surface area contributed by atoms with Gasteiger partial charge >= 0.3 is 0 Å². The topological polar surface area (TPSA) is 27.1 Å². The van der Waals surface area contributed by atoms with Crippen LogP contribution in [0.2, 0.25) is 0 Å². The molecule has 1 heterocycles. The molecule has 4 aromatic rings. The van der Waals surface area contributed by atoms with Crippen molar-refractivity contribution in [3.8, 4) is 17.1 Å². The fourth-order valence-corrected chi connectivity index (χ4v) is 3.76. The number of para-hydroxylation sites is 2. The number of rotatable bonds is 7. The number of hydrogen-bond acceptors (Lipinski definition) is 2. The fraction of sp³-hybridized carbons (Fsp3) is 0.296. The molecule has 0 atom stereocenters. The summed E-state index contributed by atoms with van der Waals surface area (Å²) in [5.41, 5.74) is 3.89. The van der Waals surface area contributed by atoms with E-state index in [2.05, 4.69) is 37.5 Å². The molecule has 0 unspecified atom stereocenters. The van der Waals surface area contributed by atoms with Gasteiger partial charge in [0.15, 0.2) is 0 Å². The van der Waals surface area contributed by atoms with Gasteiger partial charge in [0.1, 0.15) is 17.4 Å². The van der Waals surface area contributed by atoms with Crippen LogP contribution in [0.25, 0.3) is 22.4 Å². The van der Waals surface area contributed by atoms with Crippen molar-refractivity contribution in [3.63, 3.8) is 0 Å². The minimum atomic E-state index is -0.249. The first-order valence-corrected chi connectivity index (χ1v) is 10.9. The standard InChI is InChI=1S/C27H29FN2O/c1-27(2,3)20-14-16-21(17-15-20)31-19-9-8-18-30-25-13-7-6-12-24(25)29-26(30)22-10-4-5-11-23(22)28/h4-7,10-17H,8-9,18-19H2,1-3H3. The van der Waals surface area contributed by atoms with Crippen LogP contribution in [-0.4, -0.2) is 16.2 Å². The summed E-state index contributed by atoms with van der Waals surface area (Å²) >= 11 is 0. The summed E-state index contributed by atoms with van der Waals surface area (Å²) in [5, 5.41) is 0.